The maximum Gasteiger partial charge on any atom is 0.111 e. The molecule has 2 aromatic rings. The molecular weight excluding hydrogens is 294 g/mol. The van der Waals surface area contributed by atoms with Gasteiger partial charge in [0.1, 0.15) is 5.60 Å². The van der Waals surface area contributed by atoms with Crippen LogP contribution in [0.25, 0.3) is 10.9 Å². The molecule has 1 unspecified atom stereocenters. The fourth-order valence-corrected chi connectivity index (χ4v) is 2.33. The van der Waals surface area contributed by atoms with Gasteiger partial charge in [0, 0.05) is 22.7 Å². The van der Waals surface area contributed by atoms with Crippen molar-refractivity contribution < 1.29 is 9.84 Å². The number of pyridine rings is 1. The summed E-state index contributed by atoms with van der Waals surface area (Å²) in [6.45, 7) is 4.54. The average molecular weight is 310 g/mol. The predicted octanol–water partition coefficient (Wildman–Crippen LogP) is 3.24. The van der Waals surface area contributed by atoms with Gasteiger partial charge in [-0.3, -0.25) is 4.98 Å². The molecule has 0 aliphatic rings. The predicted molar refractivity (Wildman–Crippen MR) is 75.5 cm³/mol. The van der Waals surface area contributed by atoms with E-state index >= 15 is 0 Å². The SMILES string of the molecule is CCOCC(C)(O)c1ccnc2ccc(Br)cc12. The molecule has 0 aliphatic heterocycles. The van der Waals surface area contributed by atoms with Crippen LogP contribution in [0.4, 0.5) is 0 Å². The molecule has 1 atom stereocenters. The second-order valence-corrected chi connectivity index (χ2v) is 5.35. The highest BCUT2D eigenvalue weighted by Crippen LogP contribution is 2.29. The largest absolute Gasteiger partial charge is 0.383 e. The first-order valence-corrected chi connectivity index (χ1v) is 6.69. The van der Waals surface area contributed by atoms with Gasteiger partial charge in [-0.2, -0.15) is 0 Å². The molecule has 96 valence electrons. The number of hydrogen-bond donors (Lipinski definition) is 1. The lowest BCUT2D eigenvalue weighted by atomic mass is 9.94. The zero-order chi connectivity index (χ0) is 13.2. The molecule has 18 heavy (non-hydrogen) atoms. The van der Waals surface area contributed by atoms with Gasteiger partial charge in [0.25, 0.3) is 0 Å². The van der Waals surface area contributed by atoms with E-state index in [1.165, 1.54) is 0 Å². The Hall–Kier alpha value is -0.970. The molecule has 4 heteroatoms. The summed E-state index contributed by atoms with van der Waals surface area (Å²) in [7, 11) is 0. The van der Waals surface area contributed by atoms with Gasteiger partial charge in [-0.05, 0) is 43.7 Å². The summed E-state index contributed by atoms with van der Waals surface area (Å²) in [6, 6.07) is 7.68. The number of nitrogens with zero attached hydrogens (tertiary/aromatic N) is 1. The molecule has 1 aromatic carbocycles. The van der Waals surface area contributed by atoms with E-state index < -0.39 is 5.60 Å². The third-order valence-electron chi connectivity index (χ3n) is 2.87. The number of aromatic nitrogens is 1. The van der Waals surface area contributed by atoms with Crippen LogP contribution in [0, 0.1) is 0 Å². The molecule has 1 aromatic heterocycles. The first-order chi connectivity index (χ1) is 8.54. The van der Waals surface area contributed by atoms with E-state index in [0.29, 0.717) is 6.61 Å². The smallest absolute Gasteiger partial charge is 0.111 e. The van der Waals surface area contributed by atoms with Crippen LogP contribution in [0.1, 0.15) is 19.4 Å². The van der Waals surface area contributed by atoms with Crippen LogP contribution < -0.4 is 0 Å². The molecule has 0 bridgehead atoms. The Labute approximate surface area is 115 Å². The van der Waals surface area contributed by atoms with Crippen molar-refractivity contribution in [3.63, 3.8) is 0 Å². The van der Waals surface area contributed by atoms with Crippen molar-refractivity contribution in [1.82, 2.24) is 4.98 Å². The Bertz CT molecular complexity index is 554. The molecule has 0 aliphatic carbocycles. The van der Waals surface area contributed by atoms with Crippen molar-refractivity contribution in [3.05, 3.63) is 40.5 Å². The van der Waals surface area contributed by atoms with Crippen molar-refractivity contribution in [2.24, 2.45) is 0 Å². The van der Waals surface area contributed by atoms with Crippen LogP contribution in [0.15, 0.2) is 34.9 Å². The molecule has 0 saturated heterocycles. The van der Waals surface area contributed by atoms with E-state index in [-0.39, 0.29) is 6.61 Å². The molecule has 0 fully saturated rings. The topological polar surface area (TPSA) is 42.4 Å². The molecule has 1 heterocycles. The number of hydrogen-bond acceptors (Lipinski definition) is 3. The highest BCUT2D eigenvalue weighted by molar-refractivity contribution is 9.10. The monoisotopic (exact) mass is 309 g/mol. The highest BCUT2D eigenvalue weighted by Gasteiger charge is 2.25. The summed E-state index contributed by atoms with van der Waals surface area (Å²) in [5.41, 5.74) is 0.688. The average Bonchev–Trinajstić information content (AvgIpc) is 2.35. The molecule has 3 nitrogen and oxygen atoms in total. The second kappa shape index (κ2) is 5.34. The van der Waals surface area contributed by atoms with Crippen LogP contribution in [-0.4, -0.2) is 23.3 Å². The standard InChI is InChI=1S/C14H16BrNO2/c1-3-18-9-14(2,17)12-6-7-16-13-5-4-10(15)8-11(12)13/h4-8,17H,3,9H2,1-2H3. The van der Waals surface area contributed by atoms with Gasteiger partial charge in [0.2, 0.25) is 0 Å². The summed E-state index contributed by atoms with van der Waals surface area (Å²) in [4.78, 5) is 4.30. The van der Waals surface area contributed by atoms with Gasteiger partial charge in [-0.25, -0.2) is 0 Å². The molecule has 0 saturated carbocycles. The van der Waals surface area contributed by atoms with E-state index in [9.17, 15) is 5.11 Å². The van der Waals surface area contributed by atoms with Crippen LogP contribution in [0.3, 0.4) is 0 Å². The number of aliphatic hydroxyl groups is 1. The molecule has 1 N–H and O–H groups in total. The van der Waals surface area contributed by atoms with Gasteiger partial charge in [0.05, 0.1) is 12.1 Å². The quantitative estimate of drug-likeness (QED) is 0.942. The van der Waals surface area contributed by atoms with E-state index in [1.54, 1.807) is 13.1 Å². The maximum absolute atomic E-state index is 10.5. The van der Waals surface area contributed by atoms with Gasteiger partial charge < -0.3 is 9.84 Å². The lowest BCUT2D eigenvalue weighted by Crippen LogP contribution is -2.28. The molecule has 0 spiro atoms. The third kappa shape index (κ3) is 2.71. The zero-order valence-corrected chi connectivity index (χ0v) is 12.1. The first-order valence-electron chi connectivity index (χ1n) is 5.89. The van der Waals surface area contributed by atoms with Crippen LogP contribution in [0.5, 0.6) is 0 Å². The van der Waals surface area contributed by atoms with Crippen molar-refractivity contribution in [2.75, 3.05) is 13.2 Å². The highest BCUT2D eigenvalue weighted by atomic mass is 79.9. The van der Waals surface area contributed by atoms with Crippen molar-refractivity contribution >= 4 is 26.8 Å². The van der Waals surface area contributed by atoms with Crippen molar-refractivity contribution in [3.8, 4) is 0 Å². The fourth-order valence-electron chi connectivity index (χ4n) is 1.97. The number of ether oxygens (including phenoxy) is 1. The van der Waals surface area contributed by atoms with Crippen LogP contribution in [0.2, 0.25) is 0 Å². The first kappa shape index (κ1) is 13.5. The Morgan fingerprint density at radius 1 is 1.39 bits per heavy atom. The van der Waals surface area contributed by atoms with Crippen molar-refractivity contribution in [2.45, 2.75) is 19.4 Å². The third-order valence-corrected chi connectivity index (χ3v) is 3.36. The Balaban J connectivity index is 2.52. The minimum absolute atomic E-state index is 0.273. The maximum atomic E-state index is 10.5. The van der Waals surface area contributed by atoms with Crippen LogP contribution >= 0.6 is 15.9 Å². The molecule has 2 rings (SSSR count). The van der Waals surface area contributed by atoms with E-state index in [0.717, 1.165) is 20.9 Å². The summed E-state index contributed by atoms with van der Waals surface area (Å²) < 4.78 is 6.32. The number of benzene rings is 1. The van der Waals surface area contributed by atoms with Gasteiger partial charge in [-0.15, -0.1) is 0 Å². The lowest BCUT2D eigenvalue weighted by Gasteiger charge is -2.24. The summed E-state index contributed by atoms with van der Waals surface area (Å²) in [6.07, 6.45) is 1.71. The van der Waals surface area contributed by atoms with E-state index in [4.69, 9.17) is 4.74 Å². The van der Waals surface area contributed by atoms with Gasteiger partial charge >= 0.3 is 0 Å². The number of rotatable bonds is 4. The van der Waals surface area contributed by atoms with E-state index in [1.807, 2.05) is 31.2 Å². The minimum atomic E-state index is -1.02. The normalized spacial score (nSPS) is 14.7. The summed E-state index contributed by atoms with van der Waals surface area (Å²) >= 11 is 3.45. The fraction of sp³-hybridized carbons (Fsp3) is 0.357. The number of halogens is 1. The molecular formula is C14H16BrNO2. The Kier molecular flexibility index (Phi) is 4.00. The summed E-state index contributed by atoms with van der Waals surface area (Å²) in [5.74, 6) is 0. The Morgan fingerprint density at radius 3 is 2.89 bits per heavy atom. The van der Waals surface area contributed by atoms with Crippen molar-refractivity contribution in [1.29, 1.82) is 0 Å². The van der Waals surface area contributed by atoms with Gasteiger partial charge in [-0.1, -0.05) is 15.9 Å². The summed E-state index contributed by atoms with van der Waals surface area (Å²) in [5, 5.41) is 11.5. The van der Waals surface area contributed by atoms with Gasteiger partial charge in [0.15, 0.2) is 0 Å². The Morgan fingerprint density at radius 2 is 2.17 bits per heavy atom. The lowest BCUT2D eigenvalue weighted by molar-refractivity contribution is -0.0333. The minimum Gasteiger partial charge on any atom is -0.383 e. The van der Waals surface area contributed by atoms with E-state index in [2.05, 4.69) is 20.9 Å². The molecule has 0 amide bonds. The number of fused-ring (bicyclic) bond motifs is 1. The second-order valence-electron chi connectivity index (χ2n) is 4.43. The van der Waals surface area contributed by atoms with Crippen LogP contribution in [-0.2, 0) is 10.3 Å². The molecule has 0 radical (unpaired) electrons. The zero-order valence-electron chi connectivity index (χ0n) is 10.5.